The first kappa shape index (κ1) is 14.2. The number of nitrogens with two attached hydrogens (primary N) is 1. The van der Waals surface area contributed by atoms with Crippen molar-refractivity contribution in [3.63, 3.8) is 0 Å². The molecule has 0 aliphatic rings. The van der Waals surface area contributed by atoms with E-state index in [2.05, 4.69) is 15.3 Å². The van der Waals surface area contributed by atoms with Gasteiger partial charge in [0.05, 0.1) is 11.7 Å². The zero-order chi connectivity index (χ0) is 14.5. The molecule has 0 radical (unpaired) electrons. The molecular weight excluding hydrogens is 254 g/mol. The van der Waals surface area contributed by atoms with Gasteiger partial charge in [0.15, 0.2) is 5.82 Å². The van der Waals surface area contributed by atoms with Crippen LogP contribution in [0.1, 0.15) is 25.6 Å². The lowest BCUT2D eigenvalue weighted by Gasteiger charge is -2.14. The van der Waals surface area contributed by atoms with E-state index in [1.807, 2.05) is 18.4 Å². The highest BCUT2D eigenvalue weighted by atomic mass is 16.2. The summed E-state index contributed by atoms with van der Waals surface area (Å²) in [6.45, 7) is 3.88. The maximum atomic E-state index is 12.0. The molecule has 1 amide bonds. The molecule has 1 atom stereocenters. The molecule has 1 unspecified atom stereocenters. The number of aryl methyl sites for hydroxylation is 1. The van der Waals surface area contributed by atoms with E-state index in [0.717, 1.165) is 12.2 Å². The van der Waals surface area contributed by atoms with Crippen LogP contribution in [-0.4, -0.2) is 26.5 Å². The fourth-order valence-electron chi connectivity index (χ4n) is 1.96. The van der Waals surface area contributed by atoms with E-state index in [1.165, 1.54) is 0 Å². The van der Waals surface area contributed by atoms with E-state index in [1.54, 1.807) is 30.7 Å². The molecule has 6 heteroatoms. The smallest absolute Gasteiger partial charge is 0.241 e. The summed E-state index contributed by atoms with van der Waals surface area (Å²) in [5.74, 6) is 1.25. The first-order valence-corrected chi connectivity index (χ1v) is 6.65. The lowest BCUT2D eigenvalue weighted by Crippen LogP contribution is -2.35. The molecule has 0 saturated carbocycles. The second-order valence-electron chi connectivity index (χ2n) is 4.60. The van der Waals surface area contributed by atoms with Crippen LogP contribution < -0.4 is 11.1 Å². The third kappa shape index (κ3) is 3.03. The second-order valence-corrected chi connectivity index (χ2v) is 4.60. The van der Waals surface area contributed by atoms with Gasteiger partial charge in [0, 0.05) is 18.6 Å². The van der Waals surface area contributed by atoms with Crippen molar-refractivity contribution in [2.75, 3.05) is 5.32 Å². The number of nitrogens with zero attached hydrogens (tertiary/aromatic N) is 3. The number of imidazole rings is 1. The summed E-state index contributed by atoms with van der Waals surface area (Å²) in [6, 6.07) is 3.08. The number of pyridine rings is 1. The molecule has 0 spiro atoms. The van der Waals surface area contributed by atoms with Crippen molar-refractivity contribution in [1.82, 2.24) is 14.5 Å². The minimum absolute atomic E-state index is 0.195. The highest BCUT2D eigenvalue weighted by Crippen LogP contribution is 2.18. The van der Waals surface area contributed by atoms with Gasteiger partial charge in [0.1, 0.15) is 5.82 Å². The summed E-state index contributed by atoms with van der Waals surface area (Å²) in [7, 11) is 0. The first-order chi connectivity index (χ1) is 9.63. The molecule has 2 aromatic rings. The van der Waals surface area contributed by atoms with Crippen LogP contribution in [0.3, 0.4) is 0 Å². The maximum Gasteiger partial charge on any atom is 0.241 e. The molecule has 0 bridgehead atoms. The summed E-state index contributed by atoms with van der Waals surface area (Å²) in [5, 5.41) is 2.84. The Hall–Kier alpha value is -2.21. The lowest BCUT2D eigenvalue weighted by molar-refractivity contribution is -0.117. The molecular formula is C14H19N5O. The average molecular weight is 273 g/mol. The number of amides is 1. The van der Waals surface area contributed by atoms with Crippen molar-refractivity contribution < 1.29 is 4.79 Å². The van der Waals surface area contributed by atoms with Crippen LogP contribution in [0, 0.1) is 6.92 Å². The van der Waals surface area contributed by atoms with E-state index in [0.29, 0.717) is 17.9 Å². The molecule has 2 heterocycles. The Bertz CT molecular complexity index is 593. The Balaban J connectivity index is 2.25. The monoisotopic (exact) mass is 273 g/mol. The molecule has 0 saturated heterocycles. The predicted octanol–water partition coefficient (Wildman–Crippen LogP) is 1.64. The van der Waals surface area contributed by atoms with E-state index in [9.17, 15) is 4.79 Å². The Morgan fingerprint density at radius 3 is 2.90 bits per heavy atom. The fraction of sp³-hybridized carbons (Fsp3) is 0.357. The van der Waals surface area contributed by atoms with Gasteiger partial charge >= 0.3 is 0 Å². The van der Waals surface area contributed by atoms with Crippen molar-refractivity contribution >= 4 is 11.6 Å². The number of hydrogen-bond donors (Lipinski definition) is 2. The molecule has 106 valence electrons. The van der Waals surface area contributed by atoms with Crippen molar-refractivity contribution in [2.24, 2.45) is 5.73 Å². The van der Waals surface area contributed by atoms with Gasteiger partial charge < -0.3 is 11.1 Å². The van der Waals surface area contributed by atoms with Gasteiger partial charge in [-0.2, -0.15) is 0 Å². The van der Waals surface area contributed by atoms with Crippen LogP contribution in [0.2, 0.25) is 0 Å². The van der Waals surface area contributed by atoms with Crippen LogP contribution in [0.5, 0.6) is 0 Å². The number of carbonyl (C=O) groups excluding carboxylic acids is 1. The van der Waals surface area contributed by atoms with Gasteiger partial charge in [-0.1, -0.05) is 13.3 Å². The van der Waals surface area contributed by atoms with E-state index in [4.69, 9.17) is 5.73 Å². The summed E-state index contributed by atoms with van der Waals surface area (Å²) in [5.41, 5.74) is 6.45. The van der Waals surface area contributed by atoms with Crippen molar-refractivity contribution in [2.45, 2.75) is 32.7 Å². The number of carbonyl (C=O) groups is 1. The van der Waals surface area contributed by atoms with E-state index in [-0.39, 0.29) is 5.91 Å². The minimum atomic E-state index is -0.503. The molecule has 6 nitrogen and oxygen atoms in total. The molecule has 0 aliphatic carbocycles. The summed E-state index contributed by atoms with van der Waals surface area (Å²) in [4.78, 5) is 20.5. The second kappa shape index (κ2) is 6.29. The number of hydrogen-bond acceptors (Lipinski definition) is 4. The predicted molar refractivity (Wildman–Crippen MR) is 77.6 cm³/mol. The first-order valence-electron chi connectivity index (χ1n) is 6.65. The third-order valence-electron chi connectivity index (χ3n) is 3.03. The summed E-state index contributed by atoms with van der Waals surface area (Å²) in [6.07, 6.45) is 6.70. The number of aromatic nitrogens is 3. The quantitative estimate of drug-likeness (QED) is 0.867. The third-order valence-corrected chi connectivity index (χ3v) is 3.03. The van der Waals surface area contributed by atoms with E-state index >= 15 is 0 Å². The fourth-order valence-corrected chi connectivity index (χ4v) is 1.96. The normalized spacial score (nSPS) is 12.2. The maximum absolute atomic E-state index is 12.0. The van der Waals surface area contributed by atoms with Gasteiger partial charge in [-0.05, 0) is 25.5 Å². The highest BCUT2D eigenvalue weighted by molar-refractivity contribution is 5.96. The standard InChI is InChI=1S/C14H19N5O/c1-3-5-11(15)14(20)18-12-6-4-7-17-13(12)19-9-8-16-10(19)2/h4,6-9,11H,3,5,15H2,1-2H3,(H,18,20). The van der Waals surface area contributed by atoms with Crippen LogP contribution in [0.25, 0.3) is 5.82 Å². The lowest BCUT2D eigenvalue weighted by atomic mass is 10.1. The Morgan fingerprint density at radius 1 is 1.45 bits per heavy atom. The number of nitrogens with one attached hydrogen (secondary N) is 1. The Kier molecular flexibility index (Phi) is 4.47. The zero-order valence-corrected chi connectivity index (χ0v) is 11.7. The topological polar surface area (TPSA) is 85.8 Å². The molecule has 0 fully saturated rings. The SMILES string of the molecule is CCCC(N)C(=O)Nc1cccnc1-n1ccnc1C. The number of anilines is 1. The summed E-state index contributed by atoms with van der Waals surface area (Å²) < 4.78 is 1.82. The van der Waals surface area contributed by atoms with Gasteiger partial charge in [0.2, 0.25) is 5.91 Å². The van der Waals surface area contributed by atoms with Crippen LogP contribution in [0.4, 0.5) is 5.69 Å². The highest BCUT2D eigenvalue weighted by Gasteiger charge is 2.15. The van der Waals surface area contributed by atoms with Gasteiger partial charge in [0.25, 0.3) is 0 Å². The molecule has 0 aromatic carbocycles. The van der Waals surface area contributed by atoms with Crippen molar-refractivity contribution in [3.05, 3.63) is 36.5 Å². The van der Waals surface area contributed by atoms with Gasteiger partial charge in [-0.15, -0.1) is 0 Å². The molecule has 2 aromatic heterocycles. The largest absolute Gasteiger partial charge is 0.322 e. The van der Waals surface area contributed by atoms with Crippen LogP contribution in [0.15, 0.2) is 30.7 Å². The van der Waals surface area contributed by atoms with Gasteiger partial charge in [-0.3, -0.25) is 9.36 Å². The molecule has 0 aliphatic heterocycles. The molecule has 2 rings (SSSR count). The molecule has 3 N–H and O–H groups in total. The van der Waals surface area contributed by atoms with Gasteiger partial charge in [-0.25, -0.2) is 9.97 Å². The van der Waals surface area contributed by atoms with E-state index < -0.39 is 6.04 Å². The van der Waals surface area contributed by atoms with Crippen molar-refractivity contribution in [1.29, 1.82) is 0 Å². The van der Waals surface area contributed by atoms with Crippen molar-refractivity contribution in [3.8, 4) is 5.82 Å². The van der Waals surface area contributed by atoms with Crippen LogP contribution in [-0.2, 0) is 4.79 Å². The Labute approximate surface area is 118 Å². The molecule has 20 heavy (non-hydrogen) atoms. The summed E-state index contributed by atoms with van der Waals surface area (Å²) >= 11 is 0. The van der Waals surface area contributed by atoms with Crippen LogP contribution >= 0.6 is 0 Å². The average Bonchev–Trinajstić information content (AvgIpc) is 2.86. The minimum Gasteiger partial charge on any atom is -0.322 e. The Morgan fingerprint density at radius 2 is 2.25 bits per heavy atom. The number of rotatable bonds is 5. The zero-order valence-electron chi connectivity index (χ0n) is 11.7.